The van der Waals surface area contributed by atoms with Crippen LogP contribution in [0.2, 0.25) is 0 Å². The maximum absolute atomic E-state index is 13.6. The molecular formula is C19H11BrF2N6O3. The summed E-state index contributed by atoms with van der Waals surface area (Å²) in [6.07, 6.45) is 0. The van der Waals surface area contributed by atoms with Crippen LogP contribution < -0.4 is 4.90 Å². The summed E-state index contributed by atoms with van der Waals surface area (Å²) in [6.45, 7) is -0.0567. The van der Waals surface area contributed by atoms with Crippen LogP contribution in [-0.4, -0.2) is 39.0 Å². The highest BCUT2D eigenvalue weighted by molar-refractivity contribution is 9.10. The number of halogens is 3. The first-order valence-corrected chi connectivity index (χ1v) is 9.80. The van der Waals surface area contributed by atoms with Crippen LogP contribution in [0.5, 0.6) is 0 Å². The summed E-state index contributed by atoms with van der Waals surface area (Å²) in [6, 6.07) is 7.95. The van der Waals surface area contributed by atoms with Gasteiger partial charge in [0.2, 0.25) is 11.7 Å². The lowest BCUT2D eigenvalue weighted by Gasteiger charge is -2.19. The average molecular weight is 489 g/mol. The standard InChI is InChI=1S/C19H11BrF2N6O3/c20-10-3-1-9(2-4-10)17-23-14(31-25-17)8-27-16-15(24-26-27)18(29)28(19(16)30)11-5-6-12(21)13(22)7-11/h1-7,15-16H,8H2/t15-,16+/m1/s1. The zero-order chi connectivity index (χ0) is 21.7. The Kier molecular flexibility index (Phi) is 4.58. The first kappa shape index (κ1) is 19.4. The molecule has 31 heavy (non-hydrogen) atoms. The minimum absolute atomic E-state index is 0.0567. The van der Waals surface area contributed by atoms with Crippen LogP contribution in [0.15, 0.2) is 61.8 Å². The Bertz CT molecular complexity index is 1230. The zero-order valence-electron chi connectivity index (χ0n) is 15.4. The van der Waals surface area contributed by atoms with Crippen molar-refractivity contribution in [2.45, 2.75) is 18.6 Å². The third-order valence-electron chi connectivity index (χ3n) is 4.89. The normalized spacial score (nSPS) is 20.1. The molecule has 1 fully saturated rings. The SMILES string of the molecule is O=C1[C@@H]2[C@@H](N=NN2Cc2nc(-c3ccc(Br)cc3)no2)C(=O)N1c1ccc(F)c(F)c1. The Morgan fingerprint density at radius 3 is 2.55 bits per heavy atom. The van der Waals surface area contributed by atoms with E-state index < -0.39 is 35.5 Å². The smallest absolute Gasteiger partial charge is 0.263 e. The summed E-state index contributed by atoms with van der Waals surface area (Å²) in [5.41, 5.74) is 0.657. The number of carbonyl (C=O) groups is 2. The molecule has 0 spiro atoms. The lowest BCUT2D eigenvalue weighted by atomic mass is 10.1. The average Bonchev–Trinajstić information content (AvgIpc) is 3.44. The van der Waals surface area contributed by atoms with Crippen molar-refractivity contribution < 1.29 is 22.9 Å². The van der Waals surface area contributed by atoms with Gasteiger partial charge in [-0.25, -0.2) is 13.7 Å². The molecule has 0 N–H and O–H groups in total. The minimum atomic E-state index is -1.17. The highest BCUT2D eigenvalue weighted by Gasteiger charge is 2.55. The van der Waals surface area contributed by atoms with Crippen molar-refractivity contribution in [3.8, 4) is 11.4 Å². The number of hydrogen-bond acceptors (Lipinski definition) is 8. The quantitative estimate of drug-likeness (QED) is 0.522. The molecule has 1 saturated heterocycles. The van der Waals surface area contributed by atoms with Crippen LogP contribution in [0.4, 0.5) is 14.5 Å². The number of amides is 2. The summed E-state index contributed by atoms with van der Waals surface area (Å²) in [4.78, 5) is 30.6. The van der Waals surface area contributed by atoms with E-state index in [1.165, 1.54) is 5.01 Å². The first-order valence-electron chi connectivity index (χ1n) is 9.01. The van der Waals surface area contributed by atoms with Crippen LogP contribution >= 0.6 is 15.9 Å². The van der Waals surface area contributed by atoms with Crippen LogP contribution in [0.25, 0.3) is 11.4 Å². The predicted molar refractivity (Wildman–Crippen MR) is 104 cm³/mol. The van der Waals surface area contributed by atoms with E-state index in [0.717, 1.165) is 33.1 Å². The Morgan fingerprint density at radius 2 is 1.81 bits per heavy atom. The number of carbonyl (C=O) groups excluding carboxylic acids is 2. The van der Waals surface area contributed by atoms with Crippen LogP contribution in [-0.2, 0) is 16.1 Å². The summed E-state index contributed by atoms with van der Waals surface area (Å²) < 4.78 is 33.0. The molecule has 2 amide bonds. The first-order chi connectivity index (χ1) is 14.9. The number of anilines is 1. The van der Waals surface area contributed by atoms with Gasteiger partial charge >= 0.3 is 0 Å². The Labute approximate surface area is 181 Å². The van der Waals surface area contributed by atoms with Gasteiger partial charge in [0.15, 0.2) is 23.7 Å². The molecule has 1 aromatic heterocycles. The van der Waals surface area contributed by atoms with E-state index in [2.05, 4.69) is 36.4 Å². The van der Waals surface area contributed by atoms with E-state index in [9.17, 15) is 18.4 Å². The third-order valence-corrected chi connectivity index (χ3v) is 5.42. The molecule has 3 aromatic rings. The number of fused-ring (bicyclic) bond motifs is 1. The van der Waals surface area contributed by atoms with E-state index in [4.69, 9.17) is 4.52 Å². The van der Waals surface area contributed by atoms with Gasteiger partial charge in [-0.2, -0.15) is 10.1 Å². The van der Waals surface area contributed by atoms with Crippen LogP contribution in [0.3, 0.4) is 0 Å². The fraction of sp³-hybridized carbons (Fsp3) is 0.158. The molecular weight excluding hydrogens is 478 g/mol. The molecule has 2 atom stereocenters. The lowest BCUT2D eigenvalue weighted by Crippen LogP contribution is -2.39. The Hall–Kier alpha value is -3.54. The predicted octanol–water partition coefficient (Wildman–Crippen LogP) is 3.27. The lowest BCUT2D eigenvalue weighted by molar-refractivity contribution is -0.123. The fourth-order valence-corrected chi connectivity index (χ4v) is 3.67. The van der Waals surface area contributed by atoms with Gasteiger partial charge in [0.05, 0.1) is 5.69 Å². The highest BCUT2D eigenvalue weighted by atomic mass is 79.9. The van der Waals surface area contributed by atoms with Crippen molar-refractivity contribution in [3.05, 3.63) is 64.5 Å². The molecule has 156 valence electrons. The molecule has 5 rings (SSSR count). The second-order valence-corrected chi connectivity index (χ2v) is 7.74. The van der Waals surface area contributed by atoms with Gasteiger partial charge in [0, 0.05) is 16.1 Å². The van der Waals surface area contributed by atoms with Gasteiger partial charge in [-0.15, -0.1) is 0 Å². The van der Waals surface area contributed by atoms with Gasteiger partial charge in [0.1, 0.15) is 6.54 Å². The largest absolute Gasteiger partial charge is 0.337 e. The van der Waals surface area contributed by atoms with Gasteiger partial charge < -0.3 is 4.52 Å². The molecule has 0 radical (unpaired) electrons. The maximum Gasteiger partial charge on any atom is 0.263 e. The van der Waals surface area contributed by atoms with Crippen molar-refractivity contribution >= 4 is 33.4 Å². The minimum Gasteiger partial charge on any atom is -0.337 e. The van der Waals surface area contributed by atoms with Crippen molar-refractivity contribution in [2.24, 2.45) is 10.3 Å². The number of aromatic nitrogens is 2. The Morgan fingerprint density at radius 1 is 1.03 bits per heavy atom. The van der Waals surface area contributed by atoms with Gasteiger partial charge in [0.25, 0.3) is 11.8 Å². The highest BCUT2D eigenvalue weighted by Crippen LogP contribution is 2.33. The summed E-state index contributed by atoms with van der Waals surface area (Å²) in [5.74, 6) is -3.05. The monoisotopic (exact) mass is 488 g/mol. The molecule has 3 heterocycles. The second-order valence-electron chi connectivity index (χ2n) is 6.82. The van der Waals surface area contributed by atoms with E-state index in [0.29, 0.717) is 5.82 Å². The molecule has 9 nitrogen and oxygen atoms in total. The van der Waals surface area contributed by atoms with Crippen LogP contribution in [0, 0.1) is 11.6 Å². The zero-order valence-corrected chi connectivity index (χ0v) is 17.0. The number of rotatable bonds is 4. The van der Waals surface area contributed by atoms with E-state index >= 15 is 0 Å². The number of imide groups is 1. The fourth-order valence-electron chi connectivity index (χ4n) is 3.41. The molecule has 0 saturated carbocycles. The number of nitrogens with zero attached hydrogens (tertiary/aromatic N) is 6. The molecule has 2 aliphatic rings. The maximum atomic E-state index is 13.6. The molecule has 2 aliphatic heterocycles. The summed E-state index contributed by atoms with van der Waals surface area (Å²) in [7, 11) is 0. The second kappa shape index (κ2) is 7.30. The molecule has 0 bridgehead atoms. The number of benzene rings is 2. The topological polar surface area (TPSA) is 104 Å². The van der Waals surface area contributed by atoms with Crippen molar-refractivity contribution in [2.75, 3.05) is 4.90 Å². The van der Waals surface area contributed by atoms with E-state index in [-0.39, 0.29) is 18.1 Å². The van der Waals surface area contributed by atoms with E-state index in [1.807, 2.05) is 24.3 Å². The molecule has 12 heteroatoms. The molecule has 0 aliphatic carbocycles. The van der Waals surface area contributed by atoms with Crippen molar-refractivity contribution in [3.63, 3.8) is 0 Å². The van der Waals surface area contributed by atoms with Gasteiger partial charge in [-0.1, -0.05) is 26.3 Å². The number of hydrogen-bond donors (Lipinski definition) is 0. The van der Waals surface area contributed by atoms with Crippen molar-refractivity contribution in [1.82, 2.24) is 15.1 Å². The van der Waals surface area contributed by atoms with Gasteiger partial charge in [-0.05, 0) is 36.4 Å². The third kappa shape index (κ3) is 3.28. The summed E-state index contributed by atoms with van der Waals surface area (Å²) >= 11 is 3.35. The van der Waals surface area contributed by atoms with Crippen LogP contribution in [0.1, 0.15) is 5.89 Å². The van der Waals surface area contributed by atoms with Gasteiger partial charge in [-0.3, -0.25) is 14.6 Å². The summed E-state index contributed by atoms with van der Waals surface area (Å²) in [5, 5.41) is 13.0. The molecule has 0 unspecified atom stereocenters. The molecule has 2 aromatic carbocycles. The van der Waals surface area contributed by atoms with E-state index in [1.54, 1.807) is 0 Å². The van der Waals surface area contributed by atoms with Crippen molar-refractivity contribution in [1.29, 1.82) is 0 Å². The Balaban J connectivity index is 1.36.